The molecule has 13 aromatic rings. The highest BCUT2D eigenvalue weighted by Gasteiger charge is 2.22. The zero-order valence-corrected chi connectivity index (χ0v) is 34.3. The van der Waals surface area contributed by atoms with Crippen molar-refractivity contribution >= 4 is 108 Å². The Hall–Kier alpha value is -7.25. The lowest BCUT2D eigenvalue weighted by atomic mass is 9.94. The van der Waals surface area contributed by atoms with Crippen molar-refractivity contribution in [2.45, 2.75) is 12.8 Å². The number of aromatic nitrogens is 4. The Kier molecular flexibility index (Phi) is 6.95. The van der Waals surface area contributed by atoms with Crippen molar-refractivity contribution in [2.75, 3.05) is 0 Å². The maximum Gasteiger partial charge on any atom is 0.178 e. The van der Waals surface area contributed by atoms with Crippen LogP contribution in [0.15, 0.2) is 164 Å². The van der Waals surface area contributed by atoms with Crippen LogP contribution in [0.2, 0.25) is 0 Å². The third-order valence-electron chi connectivity index (χ3n) is 12.9. The molecule has 4 nitrogen and oxygen atoms in total. The van der Waals surface area contributed by atoms with Crippen LogP contribution in [0.25, 0.3) is 130 Å². The van der Waals surface area contributed by atoms with Crippen molar-refractivity contribution < 1.29 is 0 Å². The number of thiophene rings is 2. The number of hydrogen-bond donors (Lipinski definition) is 0. The van der Waals surface area contributed by atoms with Gasteiger partial charge in [-0.3, -0.25) is 0 Å². The molecule has 0 bridgehead atoms. The first kappa shape index (κ1) is 33.6. The second-order valence-electron chi connectivity index (χ2n) is 16.2. The molecule has 0 unspecified atom stereocenters. The highest BCUT2D eigenvalue weighted by atomic mass is 32.1. The van der Waals surface area contributed by atoms with E-state index in [2.05, 4.69) is 168 Å². The van der Waals surface area contributed by atoms with Gasteiger partial charge in [0.1, 0.15) is 5.69 Å². The molecule has 0 saturated heterocycles. The van der Waals surface area contributed by atoms with E-state index in [1.54, 1.807) is 11.3 Å². The molecule has 6 heteroatoms. The van der Waals surface area contributed by atoms with Gasteiger partial charge in [-0.25, -0.2) is 15.0 Å². The first-order valence-corrected chi connectivity index (χ1v) is 22.4. The number of nitrogens with zero attached hydrogens (tertiary/aromatic N) is 4. The molecular formula is C55H32N4S2. The van der Waals surface area contributed by atoms with Crippen LogP contribution in [-0.4, -0.2) is 19.4 Å². The fourth-order valence-corrected chi connectivity index (χ4v) is 12.4. The first-order valence-electron chi connectivity index (χ1n) is 20.8. The number of rotatable bonds is 4. The Morgan fingerprint density at radius 3 is 2.13 bits per heavy atom. The summed E-state index contributed by atoms with van der Waals surface area (Å²) in [5, 5.41) is 10.2. The van der Waals surface area contributed by atoms with Gasteiger partial charge < -0.3 is 4.40 Å². The van der Waals surface area contributed by atoms with Gasteiger partial charge in [-0.05, 0) is 87.8 Å². The van der Waals surface area contributed by atoms with Crippen LogP contribution in [0, 0.1) is 0 Å². The van der Waals surface area contributed by atoms with Crippen LogP contribution in [0.4, 0.5) is 0 Å². The van der Waals surface area contributed by atoms with Crippen molar-refractivity contribution in [2.24, 2.45) is 0 Å². The Bertz CT molecular complexity index is 3990. The number of allylic oxidation sites excluding steroid dienone is 1. The molecule has 6 aromatic heterocycles. The molecule has 1 aliphatic rings. The monoisotopic (exact) mass is 812 g/mol. The number of fused-ring (bicyclic) bond motifs is 11. The van der Waals surface area contributed by atoms with Crippen LogP contribution in [0.5, 0.6) is 0 Å². The highest BCUT2D eigenvalue weighted by molar-refractivity contribution is 7.25. The van der Waals surface area contributed by atoms with Gasteiger partial charge in [-0.15, -0.1) is 22.7 Å². The van der Waals surface area contributed by atoms with Crippen LogP contribution in [0.1, 0.15) is 16.9 Å². The number of benzene rings is 7. The average molecular weight is 813 g/mol. The van der Waals surface area contributed by atoms with Crippen LogP contribution >= 0.6 is 22.7 Å². The Morgan fingerprint density at radius 2 is 1.21 bits per heavy atom. The lowest BCUT2D eigenvalue weighted by Crippen LogP contribution is -1.96. The van der Waals surface area contributed by atoms with Gasteiger partial charge in [0.25, 0.3) is 0 Å². The van der Waals surface area contributed by atoms with Gasteiger partial charge in [-0.1, -0.05) is 127 Å². The van der Waals surface area contributed by atoms with Gasteiger partial charge in [0, 0.05) is 58.4 Å². The molecular weight excluding hydrogens is 781 g/mol. The zero-order valence-electron chi connectivity index (χ0n) is 32.7. The van der Waals surface area contributed by atoms with Gasteiger partial charge in [-0.2, -0.15) is 0 Å². The minimum absolute atomic E-state index is 0.632. The standard InChI is InChI=1S/C55H32N4S2/c1-3-21-46-39(12-1)52-36(15-9-23-48(52)60-46)34-28-42(57-43(29-34)55-56-30-49-53(58-55)40-13-2-4-22-47(40)61-49)32-26-24-31(25-27-32)35-14-8-20-45-51(35)41-18-7-17-38-37-16-5-10-33-11-6-19-44(50(33)37)59(45)54(38)41/h1-2,4-20,22-30H,3,21H2. The second-order valence-corrected chi connectivity index (χ2v) is 18.4. The SMILES string of the molecule is C1=Cc2c(sc3cccc(-c4cc(-c5ccc(-c6cccc7c6c6cccc8c9cccc%10cccc(c%109)n7c86)cc5)nc(-c5ncc6sc7ccccc7c6n5)c4)c23)CC1. The largest absolute Gasteiger partial charge is 0.308 e. The van der Waals surface area contributed by atoms with Crippen LogP contribution in [0.3, 0.4) is 0 Å². The summed E-state index contributed by atoms with van der Waals surface area (Å²) < 4.78 is 6.10. The Labute approximate surface area is 357 Å². The summed E-state index contributed by atoms with van der Waals surface area (Å²) in [6.45, 7) is 0. The summed E-state index contributed by atoms with van der Waals surface area (Å²) >= 11 is 3.66. The van der Waals surface area contributed by atoms with Crippen molar-refractivity contribution in [3.63, 3.8) is 0 Å². The van der Waals surface area contributed by atoms with Gasteiger partial charge >= 0.3 is 0 Å². The van der Waals surface area contributed by atoms with E-state index in [1.807, 2.05) is 17.5 Å². The van der Waals surface area contributed by atoms with Crippen molar-refractivity contribution in [1.29, 1.82) is 0 Å². The molecule has 284 valence electrons. The lowest BCUT2D eigenvalue weighted by Gasteiger charge is -2.13. The third-order valence-corrected chi connectivity index (χ3v) is 15.2. The average Bonchev–Trinajstić information content (AvgIpc) is 4.01. The third kappa shape index (κ3) is 4.83. The van der Waals surface area contributed by atoms with Gasteiger partial charge in [0.2, 0.25) is 0 Å². The number of pyridine rings is 2. The molecule has 14 rings (SSSR count). The van der Waals surface area contributed by atoms with E-state index >= 15 is 0 Å². The van der Waals surface area contributed by atoms with Crippen molar-refractivity contribution in [1.82, 2.24) is 19.4 Å². The van der Waals surface area contributed by atoms with Crippen LogP contribution < -0.4 is 0 Å². The molecule has 0 N–H and O–H groups in total. The first-order chi connectivity index (χ1) is 30.2. The highest BCUT2D eigenvalue weighted by Crippen LogP contribution is 2.45. The fraction of sp³-hybridized carbons (Fsp3) is 0.0364. The van der Waals surface area contributed by atoms with Crippen molar-refractivity contribution in [3.8, 4) is 45.0 Å². The molecule has 61 heavy (non-hydrogen) atoms. The van der Waals surface area contributed by atoms with E-state index in [9.17, 15) is 0 Å². The fourth-order valence-electron chi connectivity index (χ4n) is 10.2. The molecule has 0 amide bonds. The smallest absolute Gasteiger partial charge is 0.178 e. The zero-order chi connectivity index (χ0) is 39.8. The minimum Gasteiger partial charge on any atom is -0.308 e. The van der Waals surface area contributed by atoms with Gasteiger partial charge in [0.15, 0.2) is 5.82 Å². The topological polar surface area (TPSA) is 43.1 Å². The molecule has 7 aromatic carbocycles. The molecule has 0 fully saturated rings. The van der Waals surface area contributed by atoms with Crippen LogP contribution in [-0.2, 0) is 6.42 Å². The molecule has 0 radical (unpaired) electrons. The molecule has 0 aliphatic heterocycles. The molecule has 0 atom stereocenters. The van der Waals surface area contributed by atoms with E-state index in [4.69, 9.17) is 15.0 Å². The van der Waals surface area contributed by atoms with E-state index < -0.39 is 0 Å². The predicted octanol–water partition coefficient (Wildman–Crippen LogP) is 15.4. The summed E-state index contributed by atoms with van der Waals surface area (Å²) in [6, 6.07) is 55.5. The Balaban J connectivity index is 0.959. The minimum atomic E-state index is 0.632. The van der Waals surface area contributed by atoms with E-state index in [0.29, 0.717) is 5.82 Å². The molecule has 1 aliphatic carbocycles. The second kappa shape index (κ2) is 12.6. The molecule has 0 spiro atoms. The number of aryl methyl sites for hydroxylation is 1. The molecule has 0 saturated carbocycles. The van der Waals surface area contributed by atoms with E-state index in [1.165, 1.54) is 90.8 Å². The Morgan fingerprint density at radius 1 is 0.508 bits per heavy atom. The molecule has 6 heterocycles. The number of para-hydroxylation sites is 1. The quantitative estimate of drug-likeness (QED) is 0.131. The normalized spacial score (nSPS) is 13.0. The summed E-state index contributed by atoms with van der Waals surface area (Å²) in [5.41, 5.74) is 13.5. The summed E-state index contributed by atoms with van der Waals surface area (Å²) in [7, 11) is 0. The van der Waals surface area contributed by atoms with Crippen molar-refractivity contribution in [3.05, 3.63) is 174 Å². The van der Waals surface area contributed by atoms with E-state index in [0.717, 1.165) is 51.0 Å². The maximum atomic E-state index is 5.35. The lowest BCUT2D eigenvalue weighted by molar-refractivity contribution is 1.02. The number of hydrogen-bond acceptors (Lipinski definition) is 5. The predicted molar refractivity (Wildman–Crippen MR) is 259 cm³/mol. The summed E-state index contributed by atoms with van der Waals surface area (Å²) in [4.78, 5) is 17.0. The van der Waals surface area contributed by atoms with Gasteiger partial charge in [0.05, 0.1) is 32.5 Å². The summed E-state index contributed by atoms with van der Waals surface area (Å²) in [5.74, 6) is 0.632. The maximum absolute atomic E-state index is 5.35. The van der Waals surface area contributed by atoms with E-state index in [-0.39, 0.29) is 0 Å². The summed E-state index contributed by atoms with van der Waals surface area (Å²) in [6.07, 6.45) is 8.78.